The maximum Gasteiger partial charge on any atom is 0.265 e. The van der Waals surface area contributed by atoms with Crippen molar-refractivity contribution in [2.75, 3.05) is 6.54 Å². The molecule has 0 bridgehead atoms. The molecule has 6 N–H and O–H groups in total. The summed E-state index contributed by atoms with van der Waals surface area (Å²) in [7, 11) is 0. The van der Waals surface area contributed by atoms with Gasteiger partial charge in [0.2, 0.25) is 18.2 Å². The van der Waals surface area contributed by atoms with Crippen molar-refractivity contribution in [2.45, 2.75) is 69.4 Å². The van der Waals surface area contributed by atoms with Gasteiger partial charge >= 0.3 is 0 Å². The summed E-state index contributed by atoms with van der Waals surface area (Å²) < 4.78 is 0. The molecule has 0 radical (unpaired) electrons. The lowest BCUT2D eigenvalue weighted by molar-refractivity contribution is -0.139. The summed E-state index contributed by atoms with van der Waals surface area (Å²) in [5.74, 6) is -1.27. The van der Waals surface area contributed by atoms with Gasteiger partial charge in [-0.2, -0.15) is 0 Å². The van der Waals surface area contributed by atoms with Crippen molar-refractivity contribution < 1.29 is 24.3 Å². The number of primary amides is 1. The van der Waals surface area contributed by atoms with E-state index in [-0.39, 0.29) is 24.8 Å². The highest BCUT2D eigenvalue weighted by atomic mass is 16.3. The van der Waals surface area contributed by atoms with E-state index in [1.165, 1.54) is 0 Å². The summed E-state index contributed by atoms with van der Waals surface area (Å²) in [5.41, 5.74) is 5.16. The van der Waals surface area contributed by atoms with Gasteiger partial charge in [0.05, 0.1) is 17.7 Å². The summed E-state index contributed by atoms with van der Waals surface area (Å²) >= 11 is 0. The van der Waals surface area contributed by atoms with Gasteiger partial charge in [-0.15, -0.1) is 0 Å². The molecule has 188 valence electrons. The molecule has 6 atom stereocenters. The van der Waals surface area contributed by atoms with Crippen LogP contribution >= 0.6 is 0 Å². The first-order chi connectivity index (χ1) is 16.5. The number of nitrogens with one attached hydrogen (secondary N) is 3. The van der Waals surface area contributed by atoms with Crippen LogP contribution in [0.2, 0.25) is 0 Å². The van der Waals surface area contributed by atoms with E-state index in [1.54, 1.807) is 24.0 Å². The normalized spacial score (nSPS) is 29.1. The lowest BCUT2D eigenvalue weighted by Gasteiger charge is -2.37. The summed E-state index contributed by atoms with van der Waals surface area (Å²) in [6, 6.07) is 5.43. The van der Waals surface area contributed by atoms with Crippen LogP contribution in [0.15, 0.2) is 35.9 Å². The van der Waals surface area contributed by atoms with Gasteiger partial charge in [-0.3, -0.25) is 24.5 Å². The molecular formula is C25H33N5O5. The van der Waals surface area contributed by atoms with E-state index in [1.807, 2.05) is 26.0 Å². The molecule has 4 rings (SSSR count). The average molecular weight is 484 g/mol. The summed E-state index contributed by atoms with van der Waals surface area (Å²) in [5, 5.41) is 19.3. The fourth-order valence-electron chi connectivity index (χ4n) is 5.39. The molecular weight excluding hydrogens is 450 g/mol. The third-order valence-corrected chi connectivity index (χ3v) is 7.41. The first-order valence-corrected chi connectivity index (χ1v) is 11.8. The van der Waals surface area contributed by atoms with Crippen LogP contribution in [0.3, 0.4) is 0 Å². The molecule has 1 aliphatic carbocycles. The molecule has 0 spiro atoms. The van der Waals surface area contributed by atoms with Crippen LogP contribution < -0.4 is 21.7 Å². The van der Waals surface area contributed by atoms with Gasteiger partial charge in [0.15, 0.2) is 5.66 Å². The minimum absolute atomic E-state index is 0.0147. The monoisotopic (exact) mass is 483 g/mol. The van der Waals surface area contributed by atoms with E-state index in [0.717, 1.165) is 17.6 Å². The number of likely N-dealkylation sites (tertiary alicyclic amines) is 1. The van der Waals surface area contributed by atoms with Gasteiger partial charge in [0.1, 0.15) is 6.04 Å². The predicted octanol–water partition coefficient (Wildman–Crippen LogP) is -0.456. The average Bonchev–Trinajstić information content (AvgIpc) is 3.33. The van der Waals surface area contributed by atoms with Gasteiger partial charge in [-0.05, 0) is 32.8 Å². The highest BCUT2D eigenvalue weighted by molar-refractivity contribution is 5.98. The molecule has 10 nitrogen and oxygen atoms in total. The number of amides is 4. The number of fused-ring (bicyclic) bond motifs is 1. The second kappa shape index (κ2) is 9.09. The molecule has 10 heteroatoms. The molecule has 0 aromatic heterocycles. The van der Waals surface area contributed by atoms with Crippen LogP contribution in [0.25, 0.3) is 0 Å². The van der Waals surface area contributed by atoms with Crippen molar-refractivity contribution in [1.29, 1.82) is 0 Å². The lowest BCUT2D eigenvalue weighted by Crippen LogP contribution is -2.60. The number of hydrogen-bond acceptors (Lipinski definition) is 6. The zero-order chi connectivity index (χ0) is 25.5. The maximum absolute atomic E-state index is 13.6. The smallest absolute Gasteiger partial charge is 0.265 e. The lowest BCUT2D eigenvalue weighted by atomic mass is 9.82. The number of nitrogens with two attached hydrogens (primary N) is 1. The topological polar surface area (TPSA) is 164 Å². The van der Waals surface area contributed by atoms with Crippen molar-refractivity contribution >= 4 is 24.1 Å². The standard InChI is InChI=1S/C25H33N5O5/c1-14-4-6-17(7-5-14)24(3,35)12-18(27-13-31)22(33)29-25(19(28-25)11-20(26)32)23(34)30-9-8-16-10-15(2)21(16)30/h4-7,10,13,16,18-19,21,28,35H,8-9,11-12H2,1-3H3,(H2,26,32)(H,27,31)(H,29,33). The minimum atomic E-state index is -1.49. The van der Waals surface area contributed by atoms with E-state index in [2.05, 4.69) is 22.0 Å². The summed E-state index contributed by atoms with van der Waals surface area (Å²) in [6.45, 7) is 6.00. The second-order valence-corrected chi connectivity index (χ2v) is 10.2. The van der Waals surface area contributed by atoms with Crippen LogP contribution in [0.1, 0.15) is 44.2 Å². The van der Waals surface area contributed by atoms with Gasteiger partial charge < -0.3 is 26.4 Å². The van der Waals surface area contributed by atoms with E-state index >= 15 is 0 Å². The SMILES string of the molecule is CC1=CC2CCN(C(=O)C3(NC(=O)C(CC(C)(O)c4ccc(C)cc4)NC=O)NC3CC(N)=O)C12. The largest absolute Gasteiger partial charge is 0.385 e. The minimum Gasteiger partial charge on any atom is -0.385 e. The Balaban J connectivity index is 1.53. The molecule has 2 saturated heterocycles. The predicted molar refractivity (Wildman–Crippen MR) is 127 cm³/mol. The first kappa shape index (κ1) is 24.9. The van der Waals surface area contributed by atoms with Crippen molar-refractivity contribution in [3.63, 3.8) is 0 Å². The molecule has 4 amide bonds. The number of aliphatic hydroxyl groups is 1. The third-order valence-electron chi connectivity index (χ3n) is 7.41. The van der Waals surface area contributed by atoms with Crippen LogP contribution in [-0.2, 0) is 24.8 Å². The van der Waals surface area contributed by atoms with Crippen LogP contribution in [0.5, 0.6) is 0 Å². The summed E-state index contributed by atoms with van der Waals surface area (Å²) in [4.78, 5) is 51.6. The van der Waals surface area contributed by atoms with E-state index in [4.69, 9.17) is 5.73 Å². The number of nitrogens with zero attached hydrogens (tertiary/aromatic N) is 1. The third kappa shape index (κ3) is 4.68. The van der Waals surface area contributed by atoms with Crippen LogP contribution in [-0.4, -0.2) is 64.5 Å². The number of carbonyl (C=O) groups excluding carboxylic acids is 4. The number of benzene rings is 1. The molecule has 1 aromatic carbocycles. The van der Waals surface area contributed by atoms with Crippen molar-refractivity contribution in [1.82, 2.24) is 20.9 Å². The number of rotatable bonds is 10. The molecule has 1 aromatic rings. The Kier molecular flexibility index (Phi) is 6.46. The molecule has 2 aliphatic heterocycles. The fraction of sp³-hybridized carbons (Fsp3) is 0.520. The Morgan fingerprint density at radius 2 is 2.00 bits per heavy atom. The first-order valence-electron chi connectivity index (χ1n) is 11.8. The molecule has 2 fully saturated rings. The Morgan fingerprint density at radius 1 is 1.31 bits per heavy atom. The molecule has 35 heavy (non-hydrogen) atoms. The molecule has 6 unspecified atom stereocenters. The Labute approximate surface area is 204 Å². The summed E-state index contributed by atoms with van der Waals surface area (Å²) in [6.07, 6.45) is 3.12. The molecule has 0 saturated carbocycles. The maximum atomic E-state index is 13.6. The number of carbonyl (C=O) groups is 4. The van der Waals surface area contributed by atoms with Gasteiger partial charge in [-0.1, -0.05) is 41.5 Å². The van der Waals surface area contributed by atoms with Gasteiger partial charge in [0.25, 0.3) is 5.91 Å². The molecule has 3 aliphatic rings. The van der Waals surface area contributed by atoms with E-state index < -0.39 is 35.2 Å². The Hall–Kier alpha value is -3.24. The number of aryl methyl sites for hydroxylation is 1. The van der Waals surface area contributed by atoms with Crippen molar-refractivity contribution in [3.8, 4) is 0 Å². The Bertz CT molecular complexity index is 1070. The zero-order valence-electron chi connectivity index (χ0n) is 20.2. The van der Waals surface area contributed by atoms with Gasteiger partial charge in [-0.25, -0.2) is 0 Å². The fourth-order valence-corrected chi connectivity index (χ4v) is 5.39. The van der Waals surface area contributed by atoms with Gasteiger partial charge in [0, 0.05) is 25.3 Å². The van der Waals surface area contributed by atoms with E-state index in [9.17, 15) is 24.3 Å². The second-order valence-electron chi connectivity index (χ2n) is 10.2. The van der Waals surface area contributed by atoms with Crippen LogP contribution in [0, 0.1) is 12.8 Å². The zero-order valence-corrected chi connectivity index (χ0v) is 20.2. The highest BCUT2D eigenvalue weighted by Crippen LogP contribution is 2.42. The highest BCUT2D eigenvalue weighted by Gasteiger charge is 2.64. The van der Waals surface area contributed by atoms with Crippen molar-refractivity contribution in [3.05, 3.63) is 47.0 Å². The van der Waals surface area contributed by atoms with E-state index in [0.29, 0.717) is 24.4 Å². The Morgan fingerprint density at radius 3 is 2.60 bits per heavy atom. The molecule has 2 heterocycles. The quantitative estimate of drug-likeness (QED) is 0.172. The van der Waals surface area contributed by atoms with Crippen molar-refractivity contribution in [2.24, 2.45) is 11.7 Å². The number of hydrogen-bond donors (Lipinski definition) is 5. The van der Waals surface area contributed by atoms with Crippen LogP contribution in [0.4, 0.5) is 0 Å².